The predicted molar refractivity (Wildman–Crippen MR) is 101 cm³/mol. The Kier molecular flexibility index (Phi) is 10.1. The van der Waals surface area contributed by atoms with Crippen LogP contribution in [0.25, 0.3) is 0 Å². The number of likely N-dealkylation sites (N-methyl/N-ethyl adjacent to an activating group) is 2. The molecular weight excluding hydrogens is 284 g/mol. The Morgan fingerprint density at radius 3 is 2.17 bits per heavy atom. The number of rotatable bonds is 12. The fraction of sp³-hybridized carbons (Fsp3) is 0.684. The van der Waals surface area contributed by atoms with E-state index in [2.05, 4.69) is 85.6 Å². The Hall–Kier alpha value is -0.940. The van der Waals surface area contributed by atoms with Gasteiger partial charge in [0.1, 0.15) is 0 Å². The maximum Gasteiger partial charge on any atom is 0.0207 e. The van der Waals surface area contributed by atoms with Gasteiger partial charge in [0.25, 0.3) is 0 Å². The number of nitrogens with zero attached hydrogens (tertiary/aromatic N) is 3. The molecule has 0 aliphatic carbocycles. The highest BCUT2D eigenvalue weighted by Gasteiger charge is 2.10. The highest BCUT2D eigenvalue weighted by Crippen LogP contribution is 2.00. The SMILES string of the molecule is CN(C)CCC(CN(C)C)NCCN(C)CCc1ccccc1. The van der Waals surface area contributed by atoms with Gasteiger partial charge in [-0.3, -0.25) is 0 Å². The molecular formula is C19H36N4. The van der Waals surface area contributed by atoms with Crippen molar-refractivity contribution in [2.75, 3.05) is 68.0 Å². The third-order valence-corrected chi connectivity index (χ3v) is 4.06. The fourth-order valence-electron chi connectivity index (χ4n) is 2.65. The molecule has 1 atom stereocenters. The summed E-state index contributed by atoms with van der Waals surface area (Å²) in [6.07, 6.45) is 2.32. The van der Waals surface area contributed by atoms with Gasteiger partial charge in [0.05, 0.1) is 0 Å². The van der Waals surface area contributed by atoms with E-state index < -0.39 is 0 Å². The molecule has 0 saturated carbocycles. The van der Waals surface area contributed by atoms with Gasteiger partial charge in [-0.25, -0.2) is 0 Å². The van der Waals surface area contributed by atoms with Crippen molar-refractivity contribution in [1.29, 1.82) is 0 Å². The monoisotopic (exact) mass is 320 g/mol. The summed E-state index contributed by atoms with van der Waals surface area (Å²) in [5, 5.41) is 3.73. The molecule has 0 aliphatic heterocycles. The largest absolute Gasteiger partial charge is 0.311 e. The third kappa shape index (κ3) is 10.4. The summed E-state index contributed by atoms with van der Waals surface area (Å²) in [5.41, 5.74) is 1.42. The number of nitrogens with one attached hydrogen (secondary N) is 1. The van der Waals surface area contributed by atoms with Crippen LogP contribution in [0.2, 0.25) is 0 Å². The van der Waals surface area contributed by atoms with Crippen molar-refractivity contribution in [2.45, 2.75) is 18.9 Å². The van der Waals surface area contributed by atoms with Crippen molar-refractivity contribution >= 4 is 0 Å². The minimum atomic E-state index is 0.565. The molecule has 23 heavy (non-hydrogen) atoms. The van der Waals surface area contributed by atoms with Gasteiger partial charge in [0.15, 0.2) is 0 Å². The van der Waals surface area contributed by atoms with Crippen molar-refractivity contribution in [3.05, 3.63) is 35.9 Å². The van der Waals surface area contributed by atoms with E-state index in [4.69, 9.17) is 0 Å². The number of benzene rings is 1. The summed E-state index contributed by atoms with van der Waals surface area (Å²) in [4.78, 5) is 6.95. The van der Waals surface area contributed by atoms with Crippen molar-refractivity contribution in [1.82, 2.24) is 20.0 Å². The third-order valence-electron chi connectivity index (χ3n) is 4.06. The van der Waals surface area contributed by atoms with E-state index in [1.807, 2.05) is 0 Å². The van der Waals surface area contributed by atoms with E-state index in [-0.39, 0.29) is 0 Å². The summed E-state index contributed by atoms with van der Waals surface area (Å²) in [6.45, 7) is 5.49. The lowest BCUT2D eigenvalue weighted by atomic mass is 10.1. The Labute approximate surface area is 143 Å². The molecule has 132 valence electrons. The summed E-state index contributed by atoms with van der Waals surface area (Å²) < 4.78 is 0. The topological polar surface area (TPSA) is 21.8 Å². The average molecular weight is 321 g/mol. The Balaban J connectivity index is 2.22. The molecule has 0 heterocycles. The molecule has 1 rings (SSSR count). The van der Waals surface area contributed by atoms with Crippen LogP contribution in [0.3, 0.4) is 0 Å². The predicted octanol–water partition coefficient (Wildman–Crippen LogP) is 1.63. The molecule has 1 aromatic carbocycles. The number of hydrogen-bond acceptors (Lipinski definition) is 4. The lowest BCUT2D eigenvalue weighted by Crippen LogP contribution is -2.43. The minimum Gasteiger partial charge on any atom is -0.311 e. The second-order valence-electron chi connectivity index (χ2n) is 7.04. The molecule has 0 radical (unpaired) electrons. The second-order valence-corrected chi connectivity index (χ2v) is 7.04. The lowest BCUT2D eigenvalue weighted by molar-refractivity contribution is 0.278. The average Bonchev–Trinajstić information content (AvgIpc) is 2.51. The molecule has 0 fully saturated rings. The zero-order valence-electron chi connectivity index (χ0n) is 15.8. The second kappa shape index (κ2) is 11.6. The first-order valence-corrected chi connectivity index (χ1v) is 8.72. The quantitative estimate of drug-likeness (QED) is 0.632. The van der Waals surface area contributed by atoms with Crippen LogP contribution in [-0.4, -0.2) is 88.7 Å². The first-order valence-electron chi connectivity index (χ1n) is 8.72. The van der Waals surface area contributed by atoms with E-state index in [0.29, 0.717) is 6.04 Å². The van der Waals surface area contributed by atoms with Crippen LogP contribution in [0.15, 0.2) is 30.3 Å². The summed E-state index contributed by atoms with van der Waals surface area (Å²) in [6, 6.07) is 11.3. The van der Waals surface area contributed by atoms with Crippen LogP contribution < -0.4 is 5.32 Å². The molecule has 0 aliphatic rings. The van der Waals surface area contributed by atoms with Crippen LogP contribution in [0.1, 0.15) is 12.0 Å². The molecule has 0 spiro atoms. The molecule has 0 saturated heterocycles. The highest BCUT2D eigenvalue weighted by atomic mass is 15.1. The Morgan fingerprint density at radius 1 is 0.870 bits per heavy atom. The molecule has 0 aromatic heterocycles. The maximum absolute atomic E-state index is 3.73. The number of hydrogen-bond donors (Lipinski definition) is 1. The molecule has 4 heteroatoms. The zero-order valence-corrected chi connectivity index (χ0v) is 15.8. The molecule has 0 bridgehead atoms. The van der Waals surface area contributed by atoms with Crippen molar-refractivity contribution in [2.24, 2.45) is 0 Å². The van der Waals surface area contributed by atoms with Gasteiger partial charge < -0.3 is 20.0 Å². The van der Waals surface area contributed by atoms with Crippen LogP contribution in [-0.2, 0) is 6.42 Å². The van der Waals surface area contributed by atoms with Crippen molar-refractivity contribution in [3.8, 4) is 0 Å². The van der Waals surface area contributed by atoms with Gasteiger partial charge in [0.2, 0.25) is 0 Å². The van der Waals surface area contributed by atoms with Crippen LogP contribution in [0.4, 0.5) is 0 Å². The summed E-state index contributed by atoms with van der Waals surface area (Å²) in [5.74, 6) is 0. The van der Waals surface area contributed by atoms with Gasteiger partial charge in [0, 0.05) is 32.2 Å². The Morgan fingerprint density at radius 2 is 1.57 bits per heavy atom. The van der Waals surface area contributed by atoms with Gasteiger partial charge in [-0.2, -0.15) is 0 Å². The molecule has 1 unspecified atom stereocenters. The highest BCUT2D eigenvalue weighted by molar-refractivity contribution is 5.14. The summed E-state index contributed by atoms with van der Waals surface area (Å²) in [7, 11) is 10.8. The summed E-state index contributed by atoms with van der Waals surface area (Å²) >= 11 is 0. The molecule has 1 aromatic rings. The molecule has 4 nitrogen and oxygen atoms in total. The van der Waals surface area contributed by atoms with Gasteiger partial charge in [-0.1, -0.05) is 30.3 Å². The van der Waals surface area contributed by atoms with E-state index in [9.17, 15) is 0 Å². The lowest BCUT2D eigenvalue weighted by Gasteiger charge is -2.25. The van der Waals surface area contributed by atoms with E-state index in [0.717, 1.165) is 39.1 Å². The first kappa shape index (κ1) is 20.1. The van der Waals surface area contributed by atoms with Crippen molar-refractivity contribution in [3.63, 3.8) is 0 Å². The van der Waals surface area contributed by atoms with Crippen molar-refractivity contribution < 1.29 is 0 Å². The molecule has 0 amide bonds. The normalized spacial score (nSPS) is 13.2. The van der Waals surface area contributed by atoms with Crippen LogP contribution in [0.5, 0.6) is 0 Å². The van der Waals surface area contributed by atoms with E-state index >= 15 is 0 Å². The smallest absolute Gasteiger partial charge is 0.0207 e. The maximum atomic E-state index is 3.73. The van der Waals surface area contributed by atoms with E-state index in [1.165, 1.54) is 12.0 Å². The van der Waals surface area contributed by atoms with Crippen LogP contribution in [0, 0.1) is 0 Å². The Bertz CT molecular complexity index is 392. The molecule has 1 N–H and O–H groups in total. The standard InChI is InChI=1S/C19H36N4/c1-21(2)14-12-19(17-22(3)4)20-13-16-23(5)15-11-18-9-7-6-8-10-18/h6-10,19-20H,11-17H2,1-5H3. The fourth-order valence-corrected chi connectivity index (χ4v) is 2.65. The van der Waals surface area contributed by atoms with Gasteiger partial charge >= 0.3 is 0 Å². The van der Waals surface area contributed by atoms with E-state index in [1.54, 1.807) is 0 Å². The van der Waals surface area contributed by atoms with Gasteiger partial charge in [-0.15, -0.1) is 0 Å². The van der Waals surface area contributed by atoms with Crippen LogP contribution >= 0.6 is 0 Å². The minimum absolute atomic E-state index is 0.565. The zero-order chi connectivity index (χ0) is 17.1. The van der Waals surface area contributed by atoms with Gasteiger partial charge in [-0.05, 0) is 60.2 Å². The first-order chi connectivity index (χ1) is 11.0.